The van der Waals surface area contributed by atoms with Gasteiger partial charge in [0.15, 0.2) is 0 Å². The SMILES string of the molecule is CCN(CC)CCn1ccc2cc(-c3cc(Nc4ccc(NS(=O)(=O)c5ccc(F)cc5)cc4)ncn3)ccc21. The zero-order valence-electron chi connectivity index (χ0n) is 22.4. The average molecular weight is 559 g/mol. The Labute approximate surface area is 233 Å². The third-order valence-electron chi connectivity index (χ3n) is 6.82. The first kappa shape index (κ1) is 27.3. The van der Waals surface area contributed by atoms with Crippen molar-refractivity contribution in [1.82, 2.24) is 19.4 Å². The Morgan fingerprint density at radius 3 is 2.33 bits per heavy atom. The smallest absolute Gasteiger partial charge is 0.261 e. The Morgan fingerprint density at radius 1 is 0.875 bits per heavy atom. The molecular formula is C30H31FN6O2S. The lowest BCUT2D eigenvalue weighted by Crippen LogP contribution is -2.26. The van der Waals surface area contributed by atoms with E-state index < -0.39 is 15.8 Å². The molecule has 2 aromatic heterocycles. The minimum atomic E-state index is -3.82. The minimum Gasteiger partial charge on any atom is -0.346 e. The van der Waals surface area contributed by atoms with Crippen LogP contribution < -0.4 is 10.0 Å². The van der Waals surface area contributed by atoms with Crippen molar-refractivity contribution < 1.29 is 12.8 Å². The summed E-state index contributed by atoms with van der Waals surface area (Å²) in [5.74, 6) is 0.116. The van der Waals surface area contributed by atoms with E-state index in [1.165, 1.54) is 24.0 Å². The molecule has 0 aliphatic heterocycles. The van der Waals surface area contributed by atoms with E-state index in [9.17, 15) is 12.8 Å². The maximum atomic E-state index is 13.1. The van der Waals surface area contributed by atoms with Crippen LogP contribution in [0.3, 0.4) is 0 Å². The fraction of sp³-hybridized carbons (Fsp3) is 0.200. The van der Waals surface area contributed by atoms with Crippen LogP contribution >= 0.6 is 0 Å². The summed E-state index contributed by atoms with van der Waals surface area (Å²) < 4.78 is 43.1. The van der Waals surface area contributed by atoms with E-state index in [4.69, 9.17) is 0 Å². The predicted molar refractivity (Wildman–Crippen MR) is 158 cm³/mol. The Kier molecular flexibility index (Phi) is 8.09. The number of sulfonamides is 1. The number of fused-ring (bicyclic) bond motifs is 1. The number of likely N-dealkylation sites (N-methyl/N-ethyl adjacent to an activating group) is 1. The second kappa shape index (κ2) is 11.8. The van der Waals surface area contributed by atoms with Gasteiger partial charge in [0.05, 0.1) is 10.6 Å². The van der Waals surface area contributed by atoms with Gasteiger partial charge in [0.25, 0.3) is 10.0 Å². The van der Waals surface area contributed by atoms with Gasteiger partial charge in [-0.2, -0.15) is 0 Å². The fourth-order valence-electron chi connectivity index (χ4n) is 4.52. The van der Waals surface area contributed by atoms with Crippen LogP contribution in [0.25, 0.3) is 22.2 Å². The summed E-state index contributed by atoms with van der Waals surface area (Å²) in [6.07, 6.45) is 3.65. The third kappa shape index (κ3) is 6.30. The van der Waals surface area contributed by atoms with Gasteiger partial charge in [0.2, 0.25) is 0 Å². The number of hydrogen-bond donors (Lipinski definition) is 2. The Balaban J connectivity index is 1.27. The van der Waals surface area contributed by atoms with Gasteiger partial charge in [-0.15, -0.1) is 0 Å². The van der Waals surface area contributed by atoms with Crippen molar-refractivity contribution in [2.45, 2.75) is 25.3 Å². The van der Waals surface area contributed by atoms with Gasteiger partial charge in [0.1, 0.15) is 18.0 Å². The van der Waals surface area contributed by atoms with E-state index in [-0.39, 0.29) is 4.90 Å². The molecule has 10 heteroatoms. The van der Waals surface area contributed by atoms with Crippen LogP contribution in [0, 0.1) is 5.82 Å². The molecule has 2 N–H and O–H groups in total. The zero-order chi connectivity index (χ0) is 28.1. The molecule has 0 aliphatic carbocycles. The topological polar surface area (TPSA) is 92.2 Å². The van der Waals surface area contributed by atoms with Gasteiger partial charge >= 0.3 is 0 Å². The molecule has 0 bridgehead atoms. The third-order valence-corrected chi connectivity index (χ3v) is 8.22. The second-order valence-electron chi connectivity index (χ2n) is 9.36. The largest absolute Gasteiger partial charge is 0.346 e. The highest BCUT2D eigenvalue weighted by atomic mass is 32.2. The van der Waals surface area contributed by atoms with Gasteiger partial charge in [-0.1, -0.05) is 19.9 Å². The fourth-order valence-corrected chi connectivity index (χ4v) is 5.58. The zero-order valence-corrected chi connectivity index (χ0v) is 23.2. The number of aromatic nitrogens is 3. The molecule has 5 aromatic rings. The summed E-state index contributed by atoms with van der Waals surface area (Å²) in [5.41, 5.74) is 4.09. The number of rotatable bonds is 11. The number of benzene rings is 3. The molecule has 0 unspecified atom stereocenters. The van der Waals surface area contributed by atoms with Gasteiger partial charge in [-0.3, -0.25) is 4.72 Å². The maximum Gasteiger partial charge on any atom is 0.261 e. The summed E-state index contributed by atoms with van der Waals surface area (Å²) in [4.78, 5) is 11.2. The highest BCUT2D eigenvalue weighted by Crippen LogP contribution is 2.26. The van der Waals surface area contributed by atoms with E-state index in [0.29, 0.717) is 11.5 Å². The van der Waals surface area contributed by atoms with Crippen LogP contribution in [0.5, 0.6) is 0 Å². The summed E-state index contributed by atoms with van der Waals surface area (Å²) >= 11 is 0. The van der Waals surface area contributed by atoms with Gasteiger partial charge in [-0.05, 0) is 79.8 Å². The molecule has 0 saturated carbocycles. The Morgan fingerprint density at radius 2 is 1.60 bits per heavy atom. The number of anilines is 3. The summed E-state index contributed by atoms with van der Waals surface area (Å²) in [5, 5.41) is 4.40. The molecule has 0 fully saturated rings. The molecule has 0 radical (unpaired) electrons. The minimum absolute atomic E-state index is 0.0148. The number of halogens is 1. The second-order valence-corrected chi connectivity index (χ2v) is 11.0. The predicted octanol–water partition coefficient (Wildman–Crippen LogP) is 6.12. The molecule has 206 valence electrons. The van der Waals surface area contributed by atoms with Crippen molar-refractivity contribution >= 4 is 38.1 Å². The molecule has 0 spiro atoms. The first-order chi connectivity index (χ1) is 19.3. The van der Waals surface area contributed by atoms with Crippen LogP contribution in [0.2, 0.25) is 0 Å². The highest BCUT2D eigenvalue weighted by molar-refractivity contribution is 7.92. The molecule has 5 rings (SSSR count). The Bertz CT molecular complexity index is 1700. The van der Waals surface area contributed by atoms with Crippen LogP contribution in [-0.2, 0) is 16.6 Å². The highest BCUT2D eigenvalue weighted by Gasteiger charge is 2.14. The lowest BCUT2D eigenvalue weighted by Gasteiger charge is -2.18. The van der Waals surface area contributed by atoms with Crippen molar-refractivity contribution in [2.24, 2.45) is 0 Å². The first-order valence-corrected chi connectivity index (χ1v) is 14.6. The van der Waals surface area contributed by atoms with Crippen LogP contribution in [0.1, 0.15) is 13.8 Å². The monoisotopic (exact) mass is 558 g/mol. The molecule has 0 aliphatic rings. The van der Waals surface area contributed by atoms with Crippen molar-refractivity contribution in [3.05, 3.63) is 97.2 Å². The molecule has 8 nitrogen and oxygen atoms in total. The normalized spacial score (nSPS) is 11.7. The summed E-state index contributed by atoms with van der Waals surface area (Å²) in [6, 6.07) is 21.8. The first-order valence-electron chi connectivity index (χ1n) is 13.1. The van der Waals surface area contributed by atoms with Crippen LogP contribution in [-0.4, -0.2) is 47.5 Å². The van der Waals surface area contributed by atoms with Crippen molar-refractivity contribution in [1.29, 1.82) is 0 Å². The van der Waals surface area contributed by atoms with Gasteiger partial charge in [-0.25, -0.2) is 22.8 Å². The summed E-state index contributed by atoms with van der Waals surface area (Å²) in [6.45, 7) is 8.42. The number of nitrogens with zero attached hydrogens (tertiary/aromatic N) is 4. The van der Waals surface area contributed by atoms with Crippen LogP contribution in [0.4, 0.5) is 21.6 Å². The lowest BCUT2D eigenvalue weighted by molar-refractivity contribution is 0.292. The molecule has 40 heavy (non-hydrogen) atoms. The quantitative estimate of drug-likeness (QED) is 0.203. The lowest BCUT2D eigenvalue weighted by atomic mass is 10.1. The van der Waals surface area contributed by atoms with E-state index >= 15 is 0 Å². The number of nitrogens with one attached hydrogen (secondary N) is 2. The standard InChI is InChI=1S/C30H31FN6O2S/c1-3-36(4-2)17-18-37-16-15-23-19-22(5-14-29(23)37)28-20-30(33-21-32-28)34-25-8-10-26(11-9-25)35-40(38,39)27-12-6-24(31)7-13-27/h5-16,19-21,35H,3-4,17-18H2,1-2H3,(H,32,33,34). The van der Waals surface area contributed by atoms with E-state index in [0.717, 1.165) is 60.6 Å². The van der Waals surface area contributed by atoms with Crippen molar-refractivity contribution in [3.8, 4) is 11.3 Å². The molecule has 3 aromatic carbocycles. The summed E-state index contributed by atoms with van der Waals surface area (Å²) in [7, 11) is -3.82. The Hall–Kier alpha value is -4.28. The van der Waals surface area contributed by atoms with Gasteiger partial charge < -0.3 is 14.8 Å². The van der Waals surface area contributed by atoms with Crippen molar-refractivity contribution in [2.75, 3.05) is 29.7 Å². The average Bonchev–Trinajstić information content (AvgIpc) is 3.37. The molecule has 0 amide bonds. The molecule has 0 saturated heterocycles. The van der Waals surface area contributed by atoms with Crippen LogP contribution in [0.15, 0.2) is 96.3 Å². The molecule has 0 atom stereocenters. The van der Waals surface area contributed by atoms with Crippen molar-refractivity contribution in [3.63, 3.8) is 0 Å². The van der Waals surface area contributed by atoms with E-state index in [2.05, 4.69) is 73.8 Å². The molecule has 2 heterocycles. The number of hydrogen-bond acceptors (Lipinski definition) is 6. The van der Waals surface area contributed by atoms with E-state index in [1.807, 2.05) is 6.07 Å². The van der Waals surface area contributed by atoms with Gasteiger partial charge in [0, 0.05) is 53.2 Å². The maximum absolute atomic E-state index is 13.1. The van der Waals surface area contributed by atoms with E-state index in [1.54, 1.807) is 24.3 Å². The molecular weight excluding hydrogens is 527 g/mol.